The van der Waals surface area contributed by atoms with Crippen LogP contribution in [-0.2, 0) is 35.7 Å². The molecule has 0 heterocycles. The normalized spacial score (nSPS) is 9.91. The average molecular weight is 316 g/mol. The van der Waals surface area contributed by atoms with Crippen LogP contribution in [0.25, 0.3) is 0 Å². The van der Waals surface area contributed by atoms with Gasteiger partial charge in [-0.05, 0) is 5.56 Å². The summed E-state index contributed by atoms with van der Waals surface area (Å²) in [5, 5.41) is 17.7. The third-order valence-corrected chi connectivity index (χ3v) is 1.88. The molecule has 8 heteroatoms. The number of carboxylic acids is 1. The van der Waals surface area contributed by atoms with E-state index in [0.717, 1.165) is 5.56 Å². The molecule has 0 saturated heterocycles. The topological polar surface area (TPSA) is 107 Å². The minimum absolute atomic E-state index is 0.0465. The second kappa shape index (κ2) is 15.8. The monoisotopic (exact) mass is 316 g/mol. The Hall–Kier alpha value is -1.55. The Bertz CT molecular complexity index is 357. The van der Waals surface area contributed by atoms with Crippen molar-refractivity contribution in [3.63, 3.8) is 0 Å². The van der Waals surface area contributed by atoms with Gasteiger partial charge in [-0.25, -0.2) is 31.5 Å². The van der Waals surface area contributed by atoms with Crippen LogP contribution in [0.3, 0.4) is 0 Å². The fraction of sp³-hybridized carbons (Fsp3) is 0.429. The Labute approximate surface area is 129 Å². The van der Waals surface area contributed by atoms with Gasteiger partial charge in [-0.3, -0.25) is 0 Å². The first-order valence-electron chi connectivity index (χ1n) is 6.40. The van der Waals surface area contributed by atoms with E-state index < -0.39 is 5.97 Å². The maximum Gasteiger partial charge on any atom is 0.326 e. The Morgan fingerprint density at radius 1 is 1.05 bits per heavy atom. The fourth-order valence-electron chi connectivity index (χ4n) is 1.05. The second-order valence-corrected chi connectivity index (χ2v) is 3.66. The van der Waals surface area contributed by atoms with Crippen LogP contribution < -0.4 is 5.11 Å². The largest absolute Gasteiger partial charge is 0.853 e. The molecule has 0 aliphatic rings. The lowest BCUT2D eigenvalue weighted by Crippen LogP contribution is -2.14. The Morgan fingerprint density at radius 3 is 2.14 bits per heavy atom. The predicted molar refractivity (Wildman–Crippen MR) is 72.9 cm³/mol. The zero-order chi connectivity index (χ0) is 16.5. The summed E-state index contributed by atoms with van der Waals surface area (Å²) in [7, 11) is 2.84. The summed E-state index contributed by atoms with van der Waals surface area (Å²) in [6.07, 6.45) is 0. The number of hydrogen-bond acceptors (Lipinski definition) is 7. The number of ether oxygens (including phenoxy) is 1. The Kier molecular flexibility index (Phi) is 14.7. The Balaban J connectivity index is 0.000000626. The maximum atomic E-state index is 9.96. The zero-order valence-corrected chi connectivity index (χ0v) is 12.1. The summed E-state index contributed by atoms with van der Waals surface area (Å²) < 4.78 is 3.95. The molecule has 1 rings (SSSR count). The highest BCUT2D eigenvalue weighted by atomic mass is 17.2. The van der Waals surface area contributed by atoms with Gasteiger partial charge in [0.25, 0.3) is 0 Å². The van der Waals surface area contributed by atoms with Gasteiger partial charge in [0, 0.05) is 0 Å². The summed E-state index contributed by atoms with van der Waals surface area (Å²) in [4.78, 5) is 28.3. The molecule has 0 spiro atoms. The van der Waals surface area contributed by atoms with Crippen LogP contribution in [0.1, 0.15) is 5.56 Å². The molecule has 0 amide bonds. The average Bonchev–Trinajstić information content (AvgIpc) is 2.51. The van der Waals surface area contributed by atoms with Gasteiger partial charge < -0.3 is 14.9 Å². The van der Waals surface area contributed by atoms with E-state index in [9.17, 15) is 9.90 Å². The molecule has 126 valence electrons. The van der Waals surface area contributed by atoms with E-state index in [1.807, 2.05) is 30.3 Å². The van der Waals surface area contributed by atoms with Gasteiger partial charge in [0.05, 0.1) is 6.61 Å². The lowest BCUT2D eigenvalue weighted by molar-refractivity contribution is -0.407. The molecule has 0 bridgehead atoms. The SMILES string of the molecule is [CH2-]OCC(=O)O.[O-]CCOOCCOOCc1ccccc1. The molecule has 0 aromatic heterocycles. The van der Waals surface area contributed by atoms with Crippen molar-refractivity contribution in [1.82, 2.24) is 0 Å². The standard InChI is InChI=1S/C11H15O5.C3H5O3/c12-6-7-13-14-8-9-15-16-10-11-4-2-1-3-5-11;1-6-2-3(4)5/h1-5H,6-10H2;1-2H2,(H,4,5)/q2*-1. The number of carboxylic acid groups (broad SMARTS) is 1. The van der Waals surface area contributed by atoms with Gasteiger partial charge in [-0.2, -0.15) is 0 Å². The second-order valence-electron chi connectivity index (χ2n) is 3.66. The summed E-state index contributed by atoms with van der Waals surface area (Å²) in [5.41, 5.74) is 1.03. The van der Waals surface area contributed by atoms with Crippen molar-refractivity contribution in [2.75, 3.05) is 33.0 Å². The van der Waals surface area contributed by atoms with E-state index >= 15 is 0 Å². The molecule has 8 nitrogen and oxygen atoms in total. The van der Waals surface area contributed by atoms with E-state index in [1.165, 1.54) is 0 Å². The third kappa shape index (κ3) is 14.9. The highest BCUT2D eigenvalue weighted by molar-refractivity contribution is 5.67. The molecule has 22 heavy (non-hydrogen) atoms. The van der Waals surface area contributed by atoms with Crippen molar-refractivity contribution in [2.24, 2.45) is 0 Å². The van der Waals surface area contributed by atoms with Crippen molar-refractivity contribution in [3.05, 3.63) is 43.0 Å². The van der Waals surface area contributed by atoms with E-state index in [0.29, 0.717) is 6.61 Å². The number of aliphatic carboxylic acids is 1. The van der Waals surface area contributed by atoms with Crippen LogP contribution in [0, 0.1) is 7.11 Å². The molecule has 0 radical (unpaired) electrons. The molecular weight excluding hydrogens is 296 g/mol. The summed E-state index contributed by atoms with van der Waals surface area (Å²) in [6.45, 7) is 0.291. The van der Waals surface area contributed by atoms with Crippen LogP contribution in [-0.4, -0.2) is 44.1 Å². The first-order valence-corrected chi connectivity index (χ1v) is 6.40. The minimum atomic E-state index is -0.995. The van der Waals surface area contributed by atoms with Crippen molar-refractivity contribution >= 4 is 5.97 Å². The molecule has 0 aliphatic carbocycles. The summed E-state index contributed by atoms with van der Waals surface area (Å²) in [6, 6.07) is 9.68. The van der Waals surface area contributed by atoms with Gasteiger partial charge in [0.1, 0.15) is 26.4 Å². The number of benzene rings is 1. The first kappa shape index (κ1) is 20.5. The van der Waals surface area contributed by atoms with Crippen molar-refractivity contribution in [2.45, 2.75) is 6.61 Å². The lowest BCUT2D eigenvalue weighted by atomic mass is 10.2. The van der Waals surface area contributed by atoms with Gasteiger partial charge in [-0.1, -0.05) is 30.3 Å². The van der Waals surface area contributed by atoms with Gasteiger partial charge in [0.15, 0.2) is 0 Å². The smallest absolute Gasteiger partial charge is 0.326 e. The number of rotatable bonds is 11. The van der Waals surface area contributed by atoms with Gasteiger partial charge in [-0.15, -0.1) is 6.61 Å². The van der Waals surface area contributed by atoms with E-state index in [1.54, 1.807) is 0 Å². The molecule has 0 saturated carbocycles. The molecule has 0 atom stereocenters. The predicted octanol–water partition coefficient (Wildman–Crippen LogP) is 0.322. The molecule has 0 fully saturated rings. The molecular formula is C14H20O8-2. The summed E-state index contributed by atoms with van der Waals surface area (Å²) >= 11 is 0. The number of carbonyl (C=O) groups is 1. The quantitative estimate of drug-likeness (QED) is 0.269. The van der Waals surface area contributed by atoms with Crippen molar-refractivity contribution < 1.29 is 39.3 Å². The molecule has 1 aromatic carbocycles. The van der Waals surface area contributed by atoms with E-state index in [-0.39, 0.29) is 33.0 Å². The molecule has 0 aliphatic heterocycles. The van der Waals surface area contributed by atoms with Crippen LogP contribution in [0.15, 0.2) is 30.3 Å². The van der Waals surface area contributed by atoms with Gasteiger partial charge >= 0.3 is 5.97 Å². The minimum Gasteiger partial charge on any atom is -0.853 e. The molecule has 0 unspecified atom stereocenters. The first-order chi connectivity index (χ1) is 10.7. The summed E-state index contributed by atoms with van der Waals surface area (Å²) in [5.74, 6) is -0.995. The van der Waals surface area contributed by atoms with Crippen molar-refractivity contribution in [3.8, 4) is 0 Å². The van der Waals surface area contributed by atoms with Crippen molar-refractivity contribution in [1.29, 1.82) is 0 Å². The van der Waals surface area contributed by atoms with E-state index in [4.69, 9.17) is 14.9 Å². The zero-order valence-electron chi connectivity index (χ0n) is 12.1. The Morgan fingerprint density at radius 2 is 1.64 bits per heavy atom. The number of hydrogen-bond donors (Lipinski definition) is 1. The van der Waals surface area contributed by atoms with Crippen LogP contribution >= 0.6 is 0 Å². The highest BCUT2D eigenvalue weighted by Crippen LogP contribution is 2.00. The fourth-order valence-corrected chi connectivity index (χ4v) is 1.05. The van der Waals surface area contributed by atoms with Gasteiger partial charge in [0.2, 0.25) is 0 Å². The molecule has 1 N–H and O–H groups in total. The van der Waals surface area contributed by atoms with E-state index in [2.05, 4.69) is 21.6 Å². The lowest BCUT2D eigenvalue weighted by Gasteiger charge is -2.06. The molecule has 1 aromatic rings. The van der Waals surface area contributed by atoms with Crippen LogP contribution in [0.2, 0.25) is 0 Å². The highest BCUT2D eigenvalue weighted by Gasteiger charge is 1.93. The maximum absolute atomic E-state index is 9.96. The van der Waals surface area contributed by atoms with Crippen LogP contribution in [0.5, 0.6) is 0 Å². The third-order valence-electron chi connectivity index (χ3n) is 1.88. The van der Waals surface area contributed by atoms with Crippen LogP contribution in [0.4, 0.5) is 0 Å².